The standard InChI is InChI=1S/C21H23ClN6O2/c1-14-26-19(28-6-8-29-9-7-28)11-20(27-14)30-18-10-16(22)2-3-17(18)21-24-12-15(4-5-23)13-25-21/h2-3,10-13H,4-9,23H2,1H3. The summed E-state index contributed by atoms with van der Waals surface area (Å²) in [6.07, 6.45) is 4.28. The zero-order valence-corrected chi connectivity index (χ0v) is 17.5. The number of hydrogen-bond donors (Lipinski definition) is 1. The van der Waals surface area contributed by atoms with E-state index in [-0.39, 0.29) is 0 Å². The highest BCUT2D eigenvalue weighted by molar-refractivity contribution is 6.30. The first-order chi connectivity index (χ1) is 14.6. The molecule has 0 spiro atoms. The number of aromatic nitrogens is 4. The minimum atomic E-state index is 0.437. The third-order valence-electron chi connectivity index (χ3n) is 4.67. The lowest BCUT2D eigenvalue weighted by Crippen LogP contribution is -2.36. The second-order valence-electron chi connectivity index (χ2n) is 6.91. The summed E-state index contributed by atoms with van der Waals surface area (Å²) in [5.74, 6) is 2.95. The van der Waals surface area contributed by atoms with Crippen molar-refractivity contribution in [3.63, 3.8) is 0 Å². The monoisotopic (exact) mass is 426 g/mol. The molecule has 1 saturated heterocycles. The highest BCUT2D eigenvalue weighted by Crippen LogP contribution is 2.34. The number of nitrogens with zero attached hydrogens (tertiary/aromatic N) is 5. The van der Waals surface area contributed by atoms with E-state index in [9.17, 15) is 0 Å². The second-order valence-corrected chi connectivity index (χ2v) is 7.34. The van der Waals surface area contributed by atoms with E-state index in [0.717, 1.165) is 36.5 Å². The highest BCUT2D eigenvalue weighted by Gasteiger charge is 2.17. The molecule has 1 aromatic carbocycles. The second kappa shape index (κ2) is 9.34. The van der Waals surface area contributed by atoms with Gasteiger partial charge in [-0.15, -0.1) is 0 Å². The van der Waals surface area contributed by atoms with Gasteiger partial charge in [-0.2, -0.15) is 4.98 Å². The molecule has 1 aliphatic rings. The predicted octanol–water partition coefficient (Wildman–Crippen LogP) is 3.03. The smallest absolute Gasteiger partial charge is 0.224 e. The number of benzene rings is 1. The van der Waals surface area contributed by atoms with Crippen molar-refractivity contribution in [2.45, 2.75) is 13.3 Å². The van der Waals surface area contributed by atoms with Crippen molar-refractivity contribution >= 4 is 17.4 Å². The average molecular weight is 427 g/mol. The fraction of sp³-hybridized carbons (Fsp3) is 0.333. The van der Waals surface area contributed by atoms with Gasteiger partial charge >= 0.3 is 0 Å². The van der Waals surface area contributed by atoms with Crippen molar-refractivity contribution in [3.05, 3.63) is 53.1 Å². The van der Waals surface area contributed by atoms with Gasteiger partial charge in [-0.05, 0) is 37.6 Å². The van der Waals surface area contributed by atoms with Crippen molar-refractivity contribution in [1.29, 1.82) is 0 Å². The number of ether oxygens (including phenoxy) is 2. The Bertz CT molecular complexity index is 1010. The molecule has 3 aromatic rings. The van der Waals surface area contributed by atoms with Crippen molar-refractivity contribution in [2.24, 2.45) is 5.73 Å². The van der Waals surface area contributed by atoms with Crippen LogP contribution in [-0.2, 0) is 11.2 Å². The van der Waals surface area contributed by atoms with Crippen LogP contribution in [0.5, 0.6) is 11.6 Å². The summed E-state index contributed by atoms with van der Waals surface area (Å²) < 4.78 is 11.6. The Hall–Kier alpha value is -2.81. The molecule has 0 atom stereocenters. The van der Waals surface area contributed by atoms with Crippen LogP contribution in [0.15, 0.2) is 36.7 Å². The molecule has 1 fully saturated rings. The molecule has 1 aliphatic heterocycles. The lowest BCUT2D eigenvalue weighted by molar-refractivity contribution is 0.122. The Kier molecular flexibility index (Phi) is 6.37. The van der Waals surface area contributed by atoms with Gasteiger partial charge in [-0.1, -0.05) is 11.6 Å². The van der Waals surface area contributed by atoms with E-state index in [2.05, 4.69) is 24.8 Å². The Morgan fingerprint density at radius 2 is 1.90 bits per heavy atom. The number of rotatable bonds is 6. The van der Waals surface area contributed by atoms with Crippen LogP contribution in [-0.4, -0.2) is 52.8 Å². The maximum absolute atomic E-state index is 6.23. The van der Waals surface area contributed by atoms with Crippen LogP contribution in [0.3, 0.4) is 0 Å². The summed E-state index contributed by atoms with van der Waals surface area (Å²) >= 11 is 6.23. The Morgan fingerprint density at radius 3 is 2.63 bits per heavy atom. The molecule has 8 nitrogen and oxygen atoms in total. The van der Waals surface area contributed by atoms with E-state index in [0.29, 0.717) is 48.1 Å². The maximum Gasteiger partial charge on any atom is 0.224 e. The van der Waals surface area contributed by atoms with Crippen molar-refractivity contribution in [3.8, 4) is 23.0 Å². The normalized spacial score (nSPS) is 14.0. The fourth-order valence-corrected chi connectivity index (χ4v) is 3.36. The van der Waals surface area contributed by atoms with Crippen LogP contribution in [0, 0.1) is 6.92 Å². The largest absolute Gasteiger partial charge is 0.438 e. The Balaban J connectivity index is 1.64. The number of nitrogens with two attached hydrogens (primary N) is 1. The molecule has 0 saturated carbocycles. The van der Waals surface area contributed by atoms with Crippen molar-refractivity contribution in [2.75, 3.05) is 37.7 Å². The molecule has 30 heavy (non-hydrogen) atoms. The average Bonchev–Trinajstić information content (AvgIpc) is 2.75. The molecule has 0 amide bonds. The van der Waals surface area contributed by atoms with E-state index in [1.54, 1.807) is 24.5 Å². The van der Waals surface area contributed by atoms with Gasteiger partial charge < -0.3 is 20.1 Å². The van der Waals surface area contributed by atoms with Gasteiger partial charge in [0.05, 0.1) is 18.8 Å². The van der Waals surface area contributed by atoms with E-state index >= 15 is 0 Å². The van der Waals surface area contributed by atoms with Crippen LogP contribution in [0.25, 0.3) is 11.4 Å². The number of halogens is 1. The molecule has 0 bridgehead atoms. The molecular weight excluding hydrogens is 404 g/mol. The summed E-state index contributed by atoms with van der Waals surface area (Å²) in [5, 5.41) is 0.549. The summed E-state index contributed by atoms with van der Waals surface area (Å²) in [5.41, 5.74) is 7.31. The van der Waals surface area contributed by atoms with E-state index in [4.69, 9.17) is 26.8 Å². The summed E-state index contributed by atoms with van der Waals surface area (Å²) in [7, 11) is 0. The zero-order valence-electron chi connectivity index (χ0n) is 16.7. The van der Waals surface area contributed by atoms with Crippen LogP contribution < -0.4 is 15.4 Å². The zero-order chi connectivity index (χ0) is 20.9. The number of hydrogen-bond acceptors (Lipinski definition) is 8. The minimum absolute atomic E-state index is 0.437. The van der Waals surface area contributed by atoms with Gasteiger partial charge in [0.1, 0.15) is 17.4 Å². The molecule has 0 aliphatic carbocycles. The van der Waals surface area contributed by atoms with Crippen LogP contribution in [0.1, 0.15) is 11.4 Å². The first-order valence-electron chi connectivity index (χ1n) is 9.79. The van der Waals surface area contributed by atoms with Gasteiger partial charge in [-0.3, -0.25) is 0 Å². The van der Waals surface area contributed by atoms with E-state index in [1.807, 2.05) is 19.1 Å². The first kappa shape index (κ1) is 20.5. The molecule has 3 heterocycles. The van der Waals surface area contributed by atoms with Crippen LogP contribution in [0.2, 0.25) is 5.02 Å². The molecule has 2 aromatic heterocycles. The number of aryl methyl sites for hydroxylation is 1. The van der Waals surface area contributed by atoms with Crippen molar-refractivity contribution in [1.82, 2.24) is 19.9 Å². The van der Waals surface area contributed by atoms with Gasteiger partial charge in [0.25, 0.3) is 0 Å². The van der Waals surface area contributed by atoms with Gasteiger partial charge in [0, 0.05) is 42.6 Å². The topological polar surface area (TPSA) is 99.3 Å². The molecule has 0 unspecified atom stereocenters. The number of anilines is 1. The molecule has 156 valence electrons. The highest BCUT2D eigenvalue weighted by atomic mass is 35.5. The number of morpholine rings is 1. The van der Waals surface area contributed by atoms with E-state index < -0.39 is 0 Å². The lowest BCUT2D eigenvalue weighted by atomic mass is 10.1. The summed E-state index contributed by atoms with van der Waals surface area (Å²) in [4.78, 5) is 20.1. The quantitative estimate of drug-likeness (QED) is 0.642. The molecule has 9 heteroatoms. The third kappa shape index (κ3) is 4.84. The summed E-state index contributed by atoms with van der Waals surface area (Å²) in [6, 6.07) is 7.19. The summed E-state index contributed by atoms with van der Waals surface area (Å²) in [6.45, 7) is 5.30. The van der Waals surface area contributed by atoms with Crippen molar-refractivity contribution < 1.29 is 9.47 Å². The molecule has 4 rings (SSSR count). The Labute approximate surface area is 180 Å². The maximum atomic E-state index is 6.23. The SMILES string of the molecule is Cc1nc(Oc2cc(Cl)ccc2-c2ncc(CCN)cn2)cc(N2CCOCC2)n1. The lowest BCUT2D eigenvalue weighted by Gasteiger charge is -2.28. The van der Waals surface area contributed by atoms with E-state index in [1.165, 1.54) is 0 Å². The third-order valence-corrected chi connectivity index (χ3v) is 4.91. The molecular formula is C21H23ClN6O2. The van der Waals surface area contributed by atoms with Gasteiger partial charge in [0.15, 0.2) is 5.82 Å². The minimum Gasteiger partial charge on any atom is -0.438 e. The first-order valence-corrected chi connectivity index (χ1v) is 10.2. The van der Waals surface area contributed by atoms with Gasteiger partial charge in [0.2, 0.25) is 5.88 Å². The predicted molar refractivity (Wildman–Crippen MR) is 115 cm³/mol. The van der Waals surface area contributed by atoms with Gasteiger partial charge in [-0.25, -0.2) is 15.0 Å². The molecule has 0 radical (unpaired) electrons. The van der Waals surface area contributed by atoms with Crippen LogP contribution >= 0.6 is 11.6 Å². The molecule has 2 N–H and O–H groups in total. The Morgan fingerprint density at radius 1 is 1.13 bits per heavy atom. The van der Waals surface area contributed by atoms with Crippen LogP contribution in [0.4, 0.5) is 5.82 Å². The fourth-order valence-electron chi connectivity index (χ4n) is 3.20.